The zero-order chi connectivity index (χ0) is 5.70. The van der Waals surface area contributed by atoms with Crippen LogP contribution in [0.15, 0.2) is 0 Å². The summed E-state index contributed by atoms with van der Waals surface area (Å²) in [6, 6.07) is 0. The summed E-state index contributed by atoms with van der Waals surface area (Å²) in [4.78, 5) is 10.3. The summed E-state index contributed by atoms with van der Waals surface area (Å²) in [5.74, 6) is 0.169. The Morgan fingerprint density at radius 2 is 2.57 bits per heavy atom. The monoisotopic (exact) mass is 326 g/mol. The van der Waals surface area contributed by atoms with Gasteiger partial charge in [0.2, 0.25) is 0 Å². The van der Waals surface area contributed by atoms with E-state index in [0.29, 0.717) is 6.42 Å². The summed E-state index contributed by atoms with van der Waals surface area (Å²) < 4.78 is 2.75. The van der Waals surface area contributed by atoms with Crippen LogP contribution in [0, 0.1) is 0 Å². The second-order valence-corrected chi connectivity index (χ2v) is 4.62. The molecule has 0 aliphatic heterocycles. The van der Waals surface area contributed by atoms with E-state index in [0.717, 1.165) is 0 Å². The van der Waals surface area contributed by atoms with Crippen molar-refractivity contribution in [1.82, 2.24) is 3.53 Å². The van der Waals surface area contributed by atoms with Crippen LogP contribution in [0.2, 0.25) is 0 Å². The second kappa shape index (κ2) is 5.07. The quantitative estimate of drug-likeness (QED) is 0.456. The molecule has 7 heavy (non-hydrogen) atoms. The number of carbonyl (C=O) groups is 1. The fourth-order valence-corrected chi connectivity index (χ4v) is 2.24. The third-order valence-corrected chi connectivity index (χ3v) is 2.64. The molecule has 0 heterocycles. The van der Waals surface area contributed by atoms with Gasteiger partial charge in [0.05, 0.1) is 0 Å². The van der Waals surface area contributed by atoms with Gasteiger partial charge in [-0.05, 0) is 0 Å². The first-order chi connectivity index (χ1) is 3.31. The number of halogens is 2. The Bertz CT molecular complexity index is 66.0. The number of hydrogen-bond acceptors (Lipinski definition) is 1. The van der Waals surface area contributed by atoms with Crippen LogP contribution >= 0.6 is 18.6 Å². The average molecular weight is 326 g/mol. The third kappa shape index (κ3) is 4.79. The topological polar surface area (TPSA) is 29.1 Å². The molecule has 0 radical (unpaired) electrons. The van der Waals surface area contributed by atoms with Gasteiger partial charge in [-0.25, -0.2) is 0 Å². The summed E-state index contributed by atoms with van der Waals surface area (Å²) in [5, 5.41) is 0. The van der Waals surface area contributed by atoms with E-state index in [-0.39, 0.29) is 23.4 Å². The van der Waals surface area contributed by atoms with Crippen LogP contribution in [0.3, 0.4) is 0 Å². The van der Waals surface area contributed by atoms with Crippen LogP contribution in [0.1, 0.15) is 13.3 Å². The maximum absolute atomic E-state index is 10.3. The molecule has 0 aliphatic carbocycles. The van der Waals surface area contributed by atoms with Crippen molar-refractivity contribution >= 4 is 24.5 Å². The molecule has 0 aliphatic rings. The molecule has 0 atom stereocenters. The van der Waals surface area contributed by atoms with Gasteiger partial charge in [0.25, 0.3) is 0 Å². The fraction of sp³-hybridized carbons (Fsp3) is 0.667. The molecule has 1 N–H and O–H groups in total. The zero-order valence-electron chi connectivity index (χ0n) is 3.87. The Morgan fingerprint density at radius 1 is 2.00 bits per heavy atom. The van der Waals surface area contributed by atoms with E-state index in [9.17, 15) is 4.79 Å². The first-order valence-corrected chi connectivity index (χ1v) is 9.21. The molecule has 0 rings (SSSR count). The van der Waals surface area contributed by atoms with Gasteiger partial charge in [0, 0.05) is 0 Å². The zero-order valence-corrected chi connectivity index (χ0v) is 8.19. The molecule has 0 aromatic heterocycles. The number of rotatable bonds is 2. The van der Waals surface area contributed by atoms with E-state index in [1.165, 1.54) is 0 Å². The van der Waals surface area contributed by atoms with Gasteiger partial charge in [0.15, 0.2) is 0 Å². The Balaban J connectivity index is 3.00. The van der Waals surface area contributed by atoms with Crippen molar-refractivity contribution in [2.24, 2.45) is 0 Å². The summed E-state index contributed by atoms with van der Waals surface area (Å²) >= 11 is 2.14. The van der Waals surface area contributed by atoms with Crippen molar-refractivity contribution in [3.8, 4) is 0 Å². The molecule has 0 bridgehead atoms. The van der Waals surface area contributed by atoms with Crippen molar-refractivity contribution in [2.45, 2.75) is 13.3 Å². The molecular weight excluding hydrogens is 320 g/mol. The summed E-state index contributed by atoms with van der Waals surface area (Å²) in [6.45, 7) is 1.85. The summed E-state index contributed by atoms with van der Waals surface area (Å²) in [5.41, 5.74) is 0. The van der Waals surface area contributed by atoms with Crippen molar-refractivity contribution in [3.05, 3.63) is 0 Å². The van der Waals surface area contributed by atoms with E-state index >= 15 is 0 Å². The number of hydrogen-bond donors (Lipinski definition) is 1. The van der Waals surface area contributed by atoms with Gasteiger partial charge < -0.3 is 0 Å². The van der Waals surface area contributed by atoms with Crippen molar-refractivity contribution < 1.29 is 22.3 Å². The van der Waals surface area contributed by atoms with Gasteiger partial charge in [-0.15, -0.1) is 0 Å². The Labute approximate surface area is 63.2 Å². The average Bonchev–Trinajstić information content (AvgIpc) is 1.68. The van der Waals surface area contributed by atoms with Gasteiger partial charge in [-0.2, -0.15) is 0 Å². The van der Waals surface area contributed by atoms with E-state index in [1.54, 1.807) is 0 Å². The predicted octanol–water partition coefficient (Wildman–Crippen LogP) is -2.13. The summed E-state index contributed by atoms with van der Waals surface area (Å²) in [7, 11) is 0. The molecule has 4 heteroatoms. The van der Waals surface area contributed by atoms with Crippen molar-refractivity contribution in [1.29, 1.82) is 0 Å². The molecule has 0 fully saturated rings. The van der Waals surface area contributed by atoms with E-state index < -0.39 is 0 Å². The number of nitrogens with one attached hydrogen (secondary N) is 1. The standard InChI is InChI=1S/C3H6I2NO/c1-2-3(7)6-5-4/h2H2,1H3,(H,6,7)/q-1. The Morgan fingerprint density at radius 3 is 2.71 bits per heavy atom. The number of amides is 1. The van der Waals surface area contributed by atoms with Gasteiger partial charge in [-0.3, -0.25) is 0 Å². The van der Waals surface area contributed by atoms with Crippen molar-refractivity contribution in [2.75, 3.05) is 0 Å². The molecular formula is C3H6I2NO-. The van der Waals surface area contributed by atoms with E-state index in [1.807, 2.05) is 6.92 Å². The minimum absolute atomic E-state index is 0.0688. The Hall–Kier alpha value is 0.930. The molecule has 0 aromatic rings. The molecule has 0 unspecified atom stereocenters. The van der Waals surface area contributed by atoms with Gasteiger partial charge >= 0.3 is 63.7 Å². The van der Waals surface area contributed by atoms with Gasteiger partial charge in [0.1, 0.15) is 0 Å². The molecule has 0 spiro atoms. The minimum atomic E-state index is -0.0688. The molecule has 44 valence electrons. The summed E-state index contributed by atoms with van der Waals surface area (Å²) in [6.07, 6.45) is 0.614. The van der Waals surface area contributed by atoms with Crippen LogP contribution in [-0.4, -0.2) is 5.91 Å². The Kier molecular flexibility index (Phi) is 5.75. The van der Waals surface area contributed by atoms with Crippen LogP contribution in [0.25, 0.3) is 0 Å². The van der Waals surface area contributed by atoms with Crippen molar-refractivity contribution in [3.63, 3.8) is 0 Å². The first-order valence-electron chi connectivity index (χ1n) is 1.85. The normalized spacial score (nSPS) is 8.86. The van der Waals surface area contributed by atoms with Crippen LogP contribution < -0.4 is 21.0 Å². The molecule has 0 aromatic carbocycles. The fourth-order valence-electron chi connectivity index (χ4n) is 0.107. The predicted molar refractivity (Wildman–Crippen MR) is 32.5 cm³/mol. The SMILES string of the molecule is CCC(=O)N[I-]I. The molecule has 0 saturated heterocycles. The van der Waals surface area contributed by atoms with Gasteiger partial charge in [-0.1, -0.05) is 0 Å². The van der Waals surface area contributed by atoms with Crippen LogP contribution in [0.5, 0.6) is 0 Å². The third-order valence-electron chi connectivity index (χ3n) is 0.462. The molecule has 2 nitrogen and oxygen atoms in total. The van der Waals surface area contributed by atoms with Crippen LogP contribution in [-0.2, 0) is 4.79 Å². The first kappa shape index (κ1) is 7.93. The van der Waals surface area contributed by atoms with Crippen LogP contribution in [0.4, 0.5) is 0 Å². The second-order valence-electron chi connectivity index (χ2n) is 0.943. The van der Waals surface area contributed by atoms with E-state index in [4.69, 9.17) is 0 Å². The molecule has 0 saturated carbocycles. The number of carbonyl (C=O) groups excluding carboxylic acids is 1. The molecule has 1 amide bonds. The maximum atomic E-state index is 10.3. The van der Waals surface area contributed by atoms with E-state index in [2.05, 4.69) is 22.1 Å².